The zero-order valence-corrected chi connectivity index (χ0v) is 11.4. The second-order valence-electron chi connectivity index (χ2n) is 4.60. The molecule has 0 fully saturated rings. The topological polar surface area (TPSA) is 49.4 Å². The number of nitrogens with zero attached hydrogens (tertiary/aromatic N) is 1. The molecule has 1 aromatic carbocycles. The Balaban J connectivity index is 2.01. The van der Waals surface area contributed by atoms with E-state index >= 15 is 0 Å². The van der Waals surface area contributed by atoms with Gasteiger partial charge in [0.2, 0.25) is 5.91 Å². The molecule has 106 valence electrons. The van der Waals surface area contributed by atoms with Crippen molar-refractivity contribution >= 4 is 11.8 Å². The molecule has 0 aromatic heterocycles. The highest BCUT2D eigenvalue weighted by molar-refractivity contribution is 5.96. The summed E-state index contributed by atoms with van der Waals surface area (Å²) in [7, 11) is 0. The van der Waals surface area contributed by atoms with E-state index in [4.69, 9.17) is 0 Å². The summed E-state index contributed by atoms with van der Waals surface area (Å²) in [6, 6.07) is 5.49. The van der Waals surface area contributed by atoms with Crippen LogP contribution in [0.2, 0.25) is 0 Å². The van der Waals surface area contributed by atoms with Crippen molar-refractivity contribution in [3.8, 4) is 0 Å². The third-order valence-electron chi connectivity index (χ3n) is 3.22. The second-order valence-corrected chi connectivity index (χ2v) is 4.60. The summed E-state index contributed by atoms with van der Waals surface area (Å²) in [5, 5.41) is 2.74. The van der Waals surface area contributed by atoms with Crippen molar-refractivity contribution in [2.24, 2.45) is 0 Å². The van der Waals surface area contributed by atoms with E-state index in [1.807, 2.05) is 6.92 Å². The molecule has 1 aliphatic heterocycles. The van der Waals surface area contributed by atoms with Crippen LogP contribution < -0.4 is 5.32 Å². The van der Waals surface area contributed by atoms with Gasteiger partial charge in [-0.1, -0.05) is 6.08 Å². The maximum atomic E-state index is 12.8. The number of carbonyl (C=O) groups excluding carboxylic acids is 2. The lowest BCUT2D eigenvalue weighted by Crippen LogP contribution is -2.37. The first-order chi connectivity index (χ1) is 9.61. The SMILES string of the molecule is CCNC(=O)C1=CCN(C(=O)c2ccc(F)cc2)CC1. The van der Waals surface area contributed by atoms with Gasteiger partial charge in [-0.25, -0.2) is 4.39 Å². The van der Waals surface area contributed by atoms with Gasteiger partial charge in [-0.2, -0.15) is 0 Å². The molecule has 1 heterocycles. The molecule has 0 unspecified atom stereocenters. The molecule has 0 bridgehead atoms. The van der Waals surface area contributed by atoms with E-state index in [0.717, 1.165) is 5.57 Å². The Morgan fingerprint density at radius 1 is 1.30 bits per heavy atom. The van der Waals surface area contributed by atoms with Crippen LogP contribution in [0.15, 0.2) is 35.9 Å². The van der Waals surface area contributed by atoms with Crippen LogP contribution in [-0.2, 0) is 4.79 Å². The normalized spacial score (nSPS) is 14.7. The predicted molar refractivity (Wildman–Crippen MR) is 73.7 cm³/mol. The molecular weight excluding hydrogens is 259 g/mol. The van der Waals surface area contributed by atoms with Crippen molar-refractivity contribution < 1.29 is 14.0 Å². The Bertz CT molecular complexity index is 537. The lowest BCUT2D eigenvalue weighted by Gasteiger charge is -2.26. The minimum absolute atomic E-state index is 0.0682. The maximum Gasteiger partial charge on any atom is 0.254 e. The molecule has 0 aliphatic carbocycles. The standard InChI is InChI=1S/C15H17FN2O2/c1-2-17-14(19)11-7-9-18(10-8-11)15(20)12-3-5-13(16)6-4-12/h3-7H,2,8-10H2,1H3,(H,17,19). The molecule has 0 atom stereocenters. The molecule has 0 spiro atoms. The fraction of sp³-hybridized carbons (Fsp3) is 0.333. The number of halogens is 1. The van der Waals surface area contributed by atoms with Gasteiger partial charge in [0.05, 0.1) is 0 Å². The first-order valence-corrected chi connectivity index (χ1v) is 6.64. The molecular formula is C15H17FN2O2. The Morgan fingerprint density at radius 3 is 2.55 bits per heavy atom. The van der Waals surface area contributed by atoms with Gasteiger partial charge in [-0.05, 0) is 37.6 Å². The fourth-order valence-corrected chi connectivity index (χ4v) is 2.11. The van der Waals surface area contributed by atoms with E-state index < -0.39 is 0 Å². The number of nitrogens with one attached hydrogen (secondary N) is 1. The van der Waals surface area contributed by atoms with Crippen molar-refractivity contribution in [3.05, 3.63) is 47.3 Å². The fourth-order valence-electron chi connectivity index (χ4n) is 2.11. The minimum atomic E-state index is -0.362. The van der Waals surface area contributed by atoms with Crippen LogP contribution in [0.25, 0.3) is 0 Å². The summed E-state index contributed by atoms with van der Waals surface area (Å²) in [5.41, 5.74) is 1.18. The summed E-state index contributed by atoms with van der Waals surface area (Å²) in [4.78, 5) is 25.5. The van der Waals surface area contributed by atoms with E-state index in [1.54, 1.807) is 11.0 Å². The molecule has 1 N–H and O–H groups in total. The van der Waals surface area contributed by atoms with Gasteiger partial charge in [0, 0.05) is 30.8 Å². The van der Waals surface area contributed by atoms with Gasteiger partial charge >= 0.3 is 0 Å². The lowest BCUT2D eigenvalue weighted by molar-refractivity contribution is -0.117. The highest BCUT2D eigenvalue weighted by Gasteiger charge is 2.21. The Hall–Kier alpha value is -2.17. The first-order valence-electron chi connectivity index (χ1n) is 6.64. The molecule has 4 nitrogen and oxygen atoms in total. The van der Waals surface area contributed by atoms with E-state index in [9.17, 15) is 14.0 Å². The molecule has 0 saturated heterocycles. The summed E-state index contributed by atoms with van der Waals surface area (Å²) >= 11 is 0. The van der Waals surface area contributed by atoms with Crippen molar-refractivity contribution in [2.75, 3.05) is 19.6 Å². The first kappa shape index (κ1) is 14.2. The third-order valence-corrected chi connectivity index (χ3v) is 3.22. The molecule has 0 radical (unpaired) electrons. The lowest BCUT2D eigenvalue weighted by atomic mass is 10.1. The van der Waals surface area contributed by atoms with Crippen LogP contribution in [0.1, 0.15) is 23.7 Å². The Morgan fingerprint density at radius 2 is 2.00 bits per heavy atom. The Labute approximate surface area is 117 Å². The van der Waals surface area contributed by atoms with E-state index in [-0.39, 0.29) is 17.6 Å². The largest absolute Gasteiger partial charge is 0.353 e. The van der Waals surface area contributed by atoms with E-state index in [1.165, 1.54) is 24.3 Å². The minimum Gasteiger partial charge on any atom is -0.353 e. The van der Waals surface area contributed by atoms with Crippen molar-refractivity contribution in [1.82, 2.24) is 10.2 Å². The van der Waals surface area contributed by atoms with Crippen LogP contribution in [0.4, 0.5) is 4.39 Å². The van der Waals surface area contributed by atoms with Crippen molar-refractivity contribution in [2.45, 2.75) is 13.3 Å². The van der Waals surface area contributed by atoms with Gasteiger partial charge in [0.15, 0.2) is 0 Å². The third kappa shape index (κ3) is 3.23. The molecule has 20 heavy (non-hydrogen) atoms. The van der Waals surface area contributed by atoms with Gasteiger partial charge in [0.1, 0.15) is 5.82 Å². The summed E-state index contributed by atoms with van der Waals surface area (Å²) in [6.07, 6.45) is 2.31. The summed E-state index contributed by atoms with van der Waals surface area (Å²) in [5.74, 6) is -0.573. The zero-order valence-electron chi connectivity index (χ0n) is 11.4. The van der Waals surface area contributed by atoms with Gasteiger partial charge in [-0.3, -0.25) is 9.59 Å². The van der Waals surface area contributed by atoms with Crippen LogP contribution in [0, 0.1) is 5.82 Å². The molecule has 1 aliphatic rings. The van der Waals surface area contributed by atoms with Crippen LogP contribution in [0.5, 0.6) is 0 Å². The van der Waals surface area contributed by atoms with Crippen LogP contribution in [-0.4, -0.2) is 36.3 Å². The van der Waals surface area contributed by atoms with Gasteiger partial charge in [-0.15, -0.1) is 0 Å². The summed E-state index contributed by atoms with van der Waals surface area (Å²) < 4.78 is 12.8. The van der Waals surface area contributed by atoms with Crippen LogP contribution >= 0.6 is 0 Å². The molecule has 2 rings (SSSR count). The number of benzene rings is 1. The number of likely N-dealkylation sites (N-methyl/N-ethyl adjacent to an activating group) is 1. The highest BCUT2D eigenvalue weighted by Crippen LogP contribution is 2.14. The average Bonchev–Trinajstić information content (AvgIpc) is 2.48. The number of hydrogen-bond acceptors (Lipinski definition) is 2. The second kappa shape index (κ2) is 6.32. The molecule has 5 heteroatoms. The van der Waals surface area contributed by atoms with E-state index in [2.05, 4.69) is 5.32 Å². The quantitative estimate of drug-likeness (QED) is 0.914. The van der Waals surface area contributed by atoms with E-state index in [0.29, 0.717) is 31.6 Å². The van der Waals surface area contributed by atoms with Crippen LogP contribution in [0.3, 0.4) is 0 Å². The van der Waals surface area contributed by atoms with Gasteiger partial charge < -0.3 is 10.2 Å². The van der Waals surface area contributed by atoms with Crippen molar-refractivity contribution in [3.63, 3.8) is 0 Å². The highest BCUT2D eigenvalue weighted by atomic mass is 19.1. The number of rotatable bonds is 3. The summed E-state index contributed by atoms with van der Waals surface area (Å²) in [6.45, 7) is 3.36. The smallest absolute Gasteiger partial charge is 0.254 e. The molecule has 1 aromatic rings. The predicted octanol–water partition coefficient (Wildman–Crippen LogP) is 1.73. The number of carbonyl (C=O) groups is 2. The average molecular weight is 276 g/mol. The molecule has 2 amide bonds. The number of hydrogen-bond donors (Lipinski definition) is 1. The Kier molecular flexibility index (Phi) is 4.50. The molecule has 0 saturated carbocycles. The monoisotopic (exact) mass is 276 g/mol. The maximum absolute atomic E-state index is 12.8. The number of amides is 2. The van der Waals surface area contributed by atoms with Gasteiger partial charge in [0.25, 0.3) is 5.91 Å². The van der Waals surface area contributed by atoms with Crippen molar-refractivity contribution in [1.29, 1.82) is 0 Å². The zero-order chi connectivity index (χ0) is 14.5.